The first-order chi connectivity index (χ1) is 6.29. The van der Waals surface area contributed by atoms with Gasteiger partial charge in [0.15, 0.2) is 5.82 Å². The van der Waals surface area contributed by atoms with Crippen LogP contribution in [0, 0.1) is 11.6 Å². The fraction of sp³-hybridized carbons (Fsp3) is 0.250. The molecule has 0 aliphatic rings. The standard InChI is InChI=1S/C8H10F2N2OS/c1-14(2,13)12-8-4-7(11)5(9)3-6(8)10/h3-4H,11H2,1-2H3. The highest BCUT2D eigenvalue weighted by Gasteiger charge is 2.07. The van der Waals surface area contributed by atoms with Gasteiger partial charge in [-0.2, -0.15) is 4.36 Å². The molecule has 14 heavy (non-hydrogen) atoms. The fourth-order valence-corrected chi connectivity index (χ4v) is 1.47. The highest BCUT2D eigenvalue weighted by molar-refractivity contribution is 7.92. The van der Waals surface area contributed by atoms with E-state index in [-0.39, 0.29) is 11.4 Å². The molecular formula is C8H10F2N2OS. The number of benzene rings is 1. The van der Waals surface area contributed by atoms with E-state index in [0.717, 1.165) is 6.07 Å². The van der Waals surface area contributed by atoms with Crippen molar-refractivity contribution in [1.82, 2.24) is 0 Å². The molecule has 1 aromatic carbocycles. The maximum atomic E-state index is 13.0. The summed E-state index contributed by atoms with van der Waals surface area (Å²) in [6, 6.07) is 1.65. The first kappa shape index (κ1) is 10.9. The number of nitrogens with zero attached hydrogens (tertiary/aromatic N) is 1. The molecule has 78 valence electrons. The van der Waals surface area contributed by atoms with Gasteiger partial charge in [-0.05, 0) is 6.07 Å². The second-order valence-electron chi connectivity index (χ2n) is 3.10. The Bertz CT molecular complexity index is 470. The third-order valence-corrected chi connectivity index (χ3v) is 2.02. The van der Waals surface area contributed by atoms with Crippen LogP contribution in [0.25, 0.3) is 0 Å². The van der Waals surface area contributed by atoms with E-state index in [4.69, 9.17) is 5.73 Å². The van der Waals surface area contributed by atoms with Crippen molar-refractivity contribution in [2.45, 2.75) is 0 Å². The largest absolute Gasteiger partial charge is 0.396 e. The van der Waals surface area contributed by atoms with E-state index in [1.54, 1.807) is 0 Å². The van der Waals surface area contributed by atoms with Crippen LogP contribution in [0.4, 0.5) is 20.2 Å². The van der Waals surface area contributed by atoms with Gasteiger partial charge in [-0.25, -0.2) is 13.0 Å². The number of anilines is 1. The average Bonchev–Trinajstić information content (AvgIpc) is 1.97. The van der Waals surface area contributed by atoms with Crippen LogP contribution in [-0.4, -0.2) is 16.7 Å². The minimum Gasteiger partial charge on any atom is -0.396 e. The Labute approximate surface area is 81.1 Å². The highest BCUT2D eigenvalue weighted by atomic mass is 32.2. The average molecular weight is 220 g/mol. The van der Waals surface area contributed by atoms with Crippen molar-refractivity contribution in [1.29, 1.82) is 0 Å². The molecule has 0 saturated heterocycles. The molecule has 0 saturated carbocycles. The van der Waals surface area contributed by atoms with Crippen molar-refractivity contribution in [2.24, 2.45) is 4.36 Å². The van der Waals surface area contributed by atoms with Gasteiger partial charge in [-0.15, -0.1) is 0 Å². The molecule has 0 spiro atoms. The summed E-state index contributed by atoms with van der Waals surface area (Å²) in [6.07, 6.45) is 2.71. The zero-order chi connectivity index (χ0) is 10.9. The van der Waals surface area contributed by atoms with Crippen LogP contribution in [0.1, 0.15) is 0 Å². The lowest BCUT2D eigenvalue weighted by Crippen LogP contribution is -1.94. The highest BCUT2D eigenvalue weighted by Crippen LogP contribution is 2.24. The minimum absolute atomic E-state index is 0.182. The lowest BCUT2D eigenvalue weighted by atomic mass is 10.2. The SMILES string of the molecule is CS(C)(=O)=Nc1cc(N)c(F)cc1F. The van der Waals surface area contributed by atoms with Gasteiger partial charge in [0.25, 0.3) is 0 Å². The molecular weight excluding hydrogens is 210 g/mol. The summed E-state index contributed by atoms with van der Waals surface area (Å²) in [5.41, 5.74) is 4.82. The second kappa shape index (κ2) is 3.53. The zero-order valence-corrected chi connectivity index (χ0v) is 8.57. The van der Waals surface area contributed by atoms with Crippen molar-refractivity contribution in [3.05, 3.63) is 23.8 Å². The van der Waals surface area contributed by atoms with E-state index < -0.39 is 21.4 Å². The van der Waals surface area contributed by atoms with E-state index in [2.05, 4.69) is 4.36 Å². The summed E-state index contributed by atoms with van der Waals surface area (Å²) in [5, 5.41) is 0. The number of nitrogens with two attached hydrogens (primary N) is 1. The Hall–Kier alpha value is -1.17. The second-order valence-corrected chi connectivity index (χ2v) is 5.64. The summed E-state index contributed by atoms with van der Waals surface area (Å²) >= 11 is 0. The number of hydrogen-bond donors (Lipinski definition) is 1. The van der Waals surface area contributed by atoms with Crippen LogP contribution in [0.15, 0.2) is 16.5 Å². The van der Waals surface area contributed by atoms with Gasteiger partial charge in [0.1, 0.15) is 11.5 Å². The summed E-state index contributed by atoms with van der Waals surface area (Å²) in [4.78, 5) is 0. The molecule has 0 radical (unpaired) electrons. The van der Waals surface area contributed by atoms with Crippen molar-refractivity contribution < 1.29 is 13.0 Å². The molecule has 0 unspecified atom stereocenters. The Balaban J connectivity index is 3.38. The molecule has 1 aromatic rings. The van der Waals surface area contributed by atoms with Crippen molar-refractivity contribution in [3.63, 3.8) is 0 Å². The van der Waals surface area contributed by atoms with E-state index >= 15 is 0 Å². The van der Waals surface area contributed by atoms with Crippen molar-refractivity contribution in [3.8, 4) is 0 Å². The van der Waals surface area contributed by atoms with Crippen LogP contribution in [-0.2, 0) is 9.73 Å². The normalized spacial score (nSPS) is 11.4. The third kappa shape index (κ3) is 2.66. The van der Waals surface area contributed by atoms with Gasteiger partial charge in [-0.1, -0.05) is 0 Å². The first-order valence-electron chi connectivity index (χ1n) is 3.71. The maximum absolute atomic E-state index is 13.0. The molecule has 0 amide bonds. The van der Waals surface area contributed by atoms with Crippen LogP contribution in [0.5, 0.6) is 0 Å². The van der Waals surface area contributed by atoms with E-state index in [1.165, 1.54) is 12.5 Å². The Morgan fingerprint density at radius 3 is 2.36 bits per heavy atom. The first-order valence-corrected chi connectivity index (χ1v) is 6.04. The molecule has 0 heterocycles. The van der Waals surface area contributed by atoms with E-state index in [1.807, 2.05) is 0 Å². The molecule has 0 atom stereocenters. The predicted molar refractivity (Wildman–Crippen MR) is 52.8 cm³/mol. The van der Waals surface area contributed by atoms with Crippen molar-refractivity contribution in [2.75, 3.05) is 18.2 Å². The molecule has 0 aliphatic heterocycles. The fourth-order valence-electron chi connectivity index (χ4n) is 0.861. The van der Waals surface area contributed by atoms with Gasteiger partial charge in [0, 0.05) is 28.3 Å². The van der Waals surface area contributed by atoms with Crippen LogP contribution < -0.4 is 5.73 Å². The zero-order valence-electron chi connectivity index (χ0n) is 7.75. The van der Waals surface area contributed by atoms with Crippen LogP contribution in [0.3, 0.4) is 0 Å². The number of halogens is 2. The van der Waals surface area contributed by atoms with Gasteiger partial charge < -0.3 is 5.73 Å². The van der Waals surface area contributed by atoms with E-state index in [9.17, 15) is 13.0 Å². The summed E-state index contributed by atoms with van der Waals surface area (Å²) in [6.45, 7) is 0. The smallest absolute Gasteiger partial charge is 0.152 e. The molecule has 1 rings (SSSR count). The molecule has 0 fully saturated rings. The van der Waals surface area contributed by atoms with Gasteiger partial charge in [0.05, 0.1) is 5.69 Å². The summed E-state index contributed by atoms with van der Waals surface area (Å²) in [5.74, 6) is -1.71. The summed E-state index contributed by atoms with van der Waals surface area (Å²) in [7, 11) is -2.47. The number of nitrogen functional groups attached to an aromatic ring is 1. The maximum Gasteiger partial charge on any atom is 0.152 e. The Morgan fingerprint density at radius 2 is 1.86 bits per heavy atom. The van der Waals surface area contributed by atoms with Crippen molar-refractivity contribution >= 4 is 21.1 Å². The lowest BCUT2D eigenvalue weighted by Gasteiger charge is -2.01. The lowest BCUT2D eigenvalue weighted by molar-refractivity contribution is 0.587. The minimum atomic E-state index is -2.47. The quantitative estimate of drug-likeness (QED) is 0.735. The molecule has 0 bridgehead atoms. The van der Waals surface area contributed by atoms with E-state index in [0.29, 0.717) is 6.07 Å². The predicted octanol–water partition coefficient (Wildman–Crippen LogP) is 1.91. The Kier molecular flexibility index (Phi) is 2.75. The molecule has 3 nitrogen and oxygen atoms in total. The number of rotatable bonds is 1. The summed E-state index contributed by atoms with van der Waals surface area (Å²) < 4.78 is 40.6. The molecule has 6 heteroatoms. The van der Waals surface area contributed by atoms with Gasteiger partial charge >= 0.3 is 0 Å². The molecule has 0 aromatic heterocycles. The van der Waals surface area contributed by atoms with Crippen LogP contribution in [0.2, 0.25) is 0 Å². The van der Waals surface area contributed by atoms with Gasteiger partial charge in [0.2, 0.25) is 0 Å². The number of hydrogen-bond acceptors (Lipinski definition) is 3. The van der Waals surface area contributed by atoms with Crippen LogP contribution >= 0.6 is 0 Å². The third-order valence-electron chi connectivity index (χ3n) is 1.38. The molecule has 0 aliphatic carbocycles. The topological polar surface area (TPSA) is 55.5 Å². The Morgan fingerprint density at radius 1 is 1.29 bits per heavy atom. The molecule has 2 N–H and O–H groups in total. The monoisotopic (exact) mass is 220 g/mol. The van der Waals surface area contributed by atoms with Gasteiger partial charge in [-0.3, -0.25) is 0 Å².